The van der Waals surface area contributed by atoms with E-state index in [9.17, 15) is 14.0 Å². The van der Waals surface area contributed by atoms with Crippen LogP contribution in [-0.2, 0) is 11.2 Å². The van der Waals surface area contributed by atoms with Gasteiger partial charge in [0.1, 0.15) is 5.82 Å². The van der Waals surface area contributed by atoms with E-state index in [0.717, 1.165) is 0 Å². The van der Waals surface area contributed by atoms with Gasteiger partial charge in [0.05, 0.1) is 6.26 Å². The fourth-order valence-corrected chi connectivity index (χ4v) is 2.18. The van der Waals surface area contributed by atoms with E-state index in [1.807, 2.05) is 0 Å². The number of nitrogens with zero attached hydrogens (tertiary/aromatic N) is 1. The second-order valence-electron chi connectivity index (χ2n) is 5.08. The van der Waals surface area contributed by atoms with Gasteiger partial charge in [-0.25, -0.2) is 4.39 Å². The number of furan rings is 1. The number of halogens is 1. The van der Waals surface area contributed by atoms with Crippen molar-refractivity contribution in [2.24, 2.45) is 0 Å². The lowest BCUT2D eigenvalue weighted by atomic mass is 10.1. The van der Waals surface area contributed by atoms with Crippen LogP contribution in [-0.4, -0.2) is 36.3 Å². The van der Waals surface area contributed by atoms with Crippen molar-refractivity contribution in [2.45, 2.75) is 13.3 Å². The number of carbonyl (C=O) groups is 2. The lowest BCUT2D eigenvalue weighted by Crippen LogP contribution is -2.38. The van der Waals surface area contributed by atoms with Crippen molar-refractivity contribution in [1.29, 1.82) is 0 Å². The highest BCUT2D eigenvalue weighted by Gasteiger charge is 2.12. The molecule has 122 valence electrons. The first kappa shape index (κ1) is 16.7. The third-order valence-corrected chi connectivity index (χ3v) is 3.47. The summed E-state index contributed by atoms with van der Waals surface area (Å²) >= 11 is 0. The van der Waals surface area contributed by atoms with E-state index in [2.05, 4.69) is 5.32 Å². The van der Waals surface area contributed by atoms with Crippen molar-refractivity contribution in [3.8, 4) is 0 Å². The molecule has 23 heavy (non-hydrogen) atoms. The molecule has 2 aromatic rings. The SMILES string of the molecule is CC(=O)N(CCNC(=O)c1ccco1)CCc1ccccc1F. The summed E-state index contributed by atoms with van der Waals surface area (Å²) in [6.45, 7) is 2.51. The Morgan fingerprint density at radius 2 is 1.96 bits per heavy atom. The molecule has 0 saturated heterocycles. The van der Waals surface area contributed by atoms with Crippen LogP contribution in [0.1, 0.15) is 23.0 Å². The van der Waals surface area contributed by atoms with Crippen molar-refractivity contribution >= 4 is 11.8 Å². The van der Waals surface area contributed by atoms with Gasteiger partial charge in [0.2, 0.25) is 5.91 Å². The zero-order valence-corrected chi connectivity index (χ0v) is 12.9. The molecule has 1 heterocycles. The molecule has 0 bridgehead atoms. The van der Waals surface area contributed by atoms with Gasteiger partial charge in [-0.15, -0.1) is 0 Å². The first-order valence-corrected chi connectivity index (χ1v) is 7.38. The summed E-state index contributed by atoms with van der Waals surface area (Å²) < 4.78 is 18.6. The van der Waals surface area contributed by atoms with Gasteiger partial charge in [-0.2, -0.15) is 0 Å². The maximum absolute atomic E-state index is 13.6. The van der Waals surface area contributed by atoms with Crippen LogP contribution in [0.25, 0.3) is 0 Å². The Morgan fingerprint density at radius 3 is 2.61 bits per heavy atom. The molecular weight excluding hydrogens is 299 g/mol. The summed E-state index contributed by atoms with van der Waals surface area (Å²) in [5, 5.41) is 2.68. The molecule has 0 radical (unpaired) electrons. The van der Waals surface area contributed by atoms with Gasteiger partial charge in [0.15, 0.2) is 5.76 Å². The molecule has 1 N–H and O–H groups in total. The van der Waals surface area contributed by atoms with E-state index in [1.165, 1.54) is 19.3 Å². The van der Waals surface area contributed by atoms with Crippen LogP contribution in [0.2, 0.25) is 0 Å². The predicted octanol–water partition coefficient (Wildman–Crippen LogP) is 2.24. The smallest absolute Gasteiger partial charge is 0.287 e. The van der Waals surface area contributed by atoms with E-state index in [-0.39, 0.29) is 23.4 Å². The van der Waals surface area contributed by atoms with Crippen LogP contribution in [0.4, 0.5) is 4.39 Å². The van der Waals surface area contributed by atoms with Gasteiger partial charge in [0, 0.05) is 26.6 Å². The Kier molecular flexibility index (Phi) is 5.91. The molecule has 6 heteroatoms. The summed E-state index contributed by atoms with van der Waals surface area (Å²) in [5.74, 6) is -0.492. The number of hydrogen-bond donors (Lipinski definition) is 1. The second kappa shape index (κ2) is 8.12. The summed E-state index contributed by atoms with van der Waals surface area (Å²) in [7, 11) is 0. The van der Waals surface area contributed by atoms with E-state index in [4.69, 9.17) is 4.42 Å². The van der Waals surface area contributed by atoms with Gasteiger partial charge in [0.25, 0.3) is 5.91 Å². The van der Waals surface area contributed by atoms with Crippen LogP contribution in [0.15, 0.2) is 47.1 Å². The molecule has 1 aromatic carbocycles. The number of benzene rings is 1. The maximum atomic E-state index is 13.6. The van der Waals surface area contributed by atoms with Crippen LogP contribution in [0.3, 0.4) is 0 Å². The minimum Gasteiger partial charge on any atom is -0.459 e. The van der Waals surface area contributed by atoms with E-state index >= 15 is 0 Å². The van der Waals surface area contributed by atoms with Gasteiger partial charge in [-0.3, -0.25) is 9.59 Å². The quantitative estimate of drug-likeness (QED) is 0.851. The van der Waals surface area contributed by atoms with Crippen LogP contribution < -0.4 is 5.32 Å². The molecule has 2 amide bonds. The molecule has 0 aliphatic heterocycles. The third kappa shape index (κ3) is 4.95. The van der Waals surface area contributed by atoms with Gasteiger partial charge in [-0.1, -0.05) is 18.2 Å². The Hall–Kier alpha value is -2.63. The van der Waals surface area contributed by atoms with Gasteiger partial charge < -0.3 is 14.6 Å². The number of amides is 2. The average molecular weight is 318 g/mol. The molecule has 0 atom stereocenters. The Balaban J connectivity index is 1.81. The van der Waals surface area contributed by atoms with Crippen molar-refractivity contribution in [3.05, 3.63) is 59.8 Å². The van der Waals surface area contributed by atoms with Crippen molar-refractivity contribution in [3.63, 3.8) is 0 Å². The van der Waals surface area contributed by atoms with Crippen LogP contribution >= 0.6 is 0 Å². The summed E-state index contributed by atoms with van der Waals surface area (Å²) in [6.07, 6.45) is 1.85. The highest BCUT2D eigenvalue weighted by molar-refractivity contribution is 5.91. The molecule has 0 fully saturated rings. The molecule has 0 saturated carbocycles. The number of rotatable bonds is 7. The molecule has 1 aromatic heterocycles. The average Bonchev–Trinajstić information content (AvgIpc) is 3.06. The molecular formula is C17H19FN2O3. The maximum Gasteiger partial charge on any atom is 0.287 e. The normalized spacial score (nSPS) is 10.3. The van der Waals surface area contributed by atoms with Gasteiger partial charge >= 0.3 is 0 Å². The third-order valence-electron chi connectivity index (χ3n) is 3.47. The lowest BCUT2D eigenvalue weighted by molar-refractivity contribution is -0.128. The standard InChI is InChI=1S/C17H19FN2O3/c1-13(21)20(10-8-14-5-2-3-6-15(14)18)11-9-19-17(22)16-7-4-12-23-16/h2-7,12H,8-11H2,1H3,(H,19,22). The Bertz CT molecular complexity index is 656. The first-order valence-electron chi connectivity index (χ1n) is 7.38. The van der Waals surface area contributed by atoms with Crippen LogP contribution in [0.5, 0.6) is 0 Å². The molecule has 0 spiro atoms. The minimum atomic E-state index is -0.326. The lowest BCUT2D eigenvalue weighted by Gasteiger charge is -2.21. The van der Waals surface area contributed by atoms with Crippen molar-refractivity contribution in [1.82, 2.24) is 10.2 Å². The van der Waals surface area contributed by atoms with Crippen molar-refractivity contribution < 1.29 is 18.4 Å². The van der Waals surface area contributed by atoms with E-state index < -0.39 is 0 Å². The van der Waals surface area contributed by atoms with Crippen LogP contribution in [0, 0.1) is 5.82 Å². The van der Waals surface area contributed by atoms with Gasteiger partial charge in [-0.05, 0) is 30.2 Å². The highest BCUT2D eigenvalue weighted by atomic mass is 19.1. The molecule has 5 nitrogen and oxygen atoms in total. The number of hydrogen-bond acceptors (Lipinski definition) is 3. The van der Waals surface area contributed by atoms with E-state index in [1.54, 1.807) is 35.2 Å². The first-order chi connectivity index (χ1) is 11.1. The molecule has 0 unspecified atom stereocenters. The molecule has 0 aliphatic rings. The topological polar surface area (TPSA) is 62.6 Å². The predicted molar refractivity (Wildman–Crippen MR) is 83.4 cm³/mol. The fraction of sp³-hybridized carbons (Fsp3) is 0.294. The second-order valence-corrected chi connectivity index (χ2v) is 5.08. The Morgan fingerprint density at radius 1 is 1.17 bits per heavy atom. The highest BCUT2D eigenvalue weighted by Crippen LogP contribution is 2.08. The molecule has 0 aliphatic carbocycles. The minimum absolute atomic E-state index is 0.117. The summed E-state index contributed by atoms with van der Waals surface area (Å²) in [6, 6.07) is 9.69. The number of carbonyl (C=O) groups excluding carboxylic acids is 2. The Labute approximate surface area is 134 Å². The summed E-state index contributed by atoms with van der Waals surface area (Å²) in [5.41, 5.74) is 0.568. The monoisotopic (exact) mass is 318 g/mol. The van der Waals surface area contributed by atoms with E-state index in [0.29, 0.717) is 31.6 Å². The zero-order valence-electron chi connectivity index (χ0n) is 12.9. The number of nitrogens with one attached hydrogen (secondary N) is 1. The molecule has 2 rings (SSSR count). The fourth-order valence-electron chi connectivity index (χ4n) is 2.18. The summed E-state index contributed by atoms with van der Waals surface area (Å²) in [4.78, 5) is 25.0. The largest absolute Gasteiger partial charge is 0.459 e. The zero-order chi connectivity index (χ0) is 16.7. The van der Waals surface area contributed by atoms with Crippen molar-refractivity contribution in [2.75, 3.05) is 19.6 Å².